The molecule has 3 N–H and O–H groups in total. The van der Waals surface area contributed by atoms with Crippen molar-refractivity contribution in [1.82, 2.24) is 29.7 Å². The van der Waals surface area contributed by atoms with Crippen LogP contribution >= 0.6 is 23.4 Å². The van der Waals surface area contributed by atoms with Gasteiger partial charge in [-0.2, -0.15) is 24.7 Å². The largest absolute Gasteiger partial charge is 0.292 e. The summed E-state index contributed by atoms with van der Waals surface area (Å²) in [5.74, 6) is 5.94. The third kappa shape index (κ3) is 3.27. The van der Waals surface area contributed by atoms with Crippen molar-refractivity contribution in [1.29, 1.82) is 0 Å². The molecular weight excluding hydrogens is 312 g/mol. The molecule has 0 saturated carbocycles. The molecule has 10 heteroatoms. The minimum atomic E-state index is 0.236. The average molecular weight is 321 g/mol. The summed E-state index contributed by atoms with van der Waals surface area (Å²) in [5.41, 5.74) is 2.40. The number of nitrogens with one attached hydrogen (secondary N) is 1. The van der Waals surface area contributed by atoms with Gasteiger partial charge in [-0.3, -0.25) is 5.43 Å². The number of anilines is 1. The molecule has 1 aromatic carbocycles. The average Bonchev–Trinajstić information content (AvgIpc) is 3.01. The fourth-order valence-electron chi connectivity index (χ4n) is 1.51. The third-order valence-electron chi connectivity index (χ3n) is 2.36. The van der Waals surface area contributed by atoms with Crippen LogP contribution in [0.4, 0.5) is 5.95 Å². The van der Waals surface area contributed by atoms with Crippen LogP contribution in [0.3, 0.4) is 0 Å². The van der Waals surface area contributed by atoms with Gasteiger partial charge in [0.25, 0.3) is 5.95 Å². The van der Waals surface area contributed by atoms with Gasteiger partial charge in [0.05, 0.1) is 0 Å². The zero-order valence-electron chi connectivity index (χ0n) is 10.5. The number of rotatable bonds is 4. The summed E-state index contributed by atoms with van der Waals surface area (Å²) in [7, 11) is 0. The molecule has 3 rings (SSSR count). The number of hydrazine groups is 1. The molecule has 8 nitrogen and oxygen atoms in total. The molecule has 0 amide bonds. The number of hydrogen-bond donors (Lipinski definition) is 2. The van der Waals surface area contributed by atoms with E-state index in [0.717, 1.165) is 4.90 Å². The second-order valence-electron chi connectivity index (χ2n) is 3.79. The normalized spacial score (nSPS) is 10.6. The lowest BCUT2D eigenvalue weighted by atomic mass is 10.4. The highest BCUT2D eigenvalue weighted by Crippen LogP contribution is 2.27. The molecule has 0 aliphatic rings. The van der Waals surface area contributed by atoms with E-state index < -0.39 is 0 Å². The molecular formula is C11H9ClN8S. The maximum Gasteiger partial charge on any atom is 0.257 e. The van der Waals surface area contributed by atoms with Crippen molar-refractivity contribution in [2.75, 3.05) is 5.43 Å². The molecule has 106 valence electrons. The Morgan fingerprint density at radius 1 is 1.24 bits per heavy atom. The predicted molar refractivity (Wildman–Crippen MR) is 78.1 cm³/mol. The van der Waals surface area contributed by atoms with E-state index in [1.165, 1.54) is 29.1 Å². The van der Waals surface area contributed by atoms with Crippen LogP contribution in [0, 0.1) is 0 Å². The fourth-order valence-corrected chi connectivity index (χ4v) is 2.56. The quantitative estimate of drug-likeness (QED) is 0.550. The molecule has 0 bridgehead atoms. The Morgan fingerprint density at radius 2 is 2.14 bits per heavy atom. The lowest BCUT2D eigenvalue weighted by molar-refractivity contribution is 0.759. The number of benzene rings is 1. The summed E-state index contributed by atoms with van der Waals surface area (Å²) < 4.78 is 1.42. The summed E-state index contributed by atoms with van der Waals surface area (Å²) in [4.78, 5) is 17.4. The molecule has 0 saturated heterocycles. The predicted octanol–water partition coefficient (Wildman–Crippen LogP) is 1.54. The van der Waals surface area contributed by atoms with Crippen LogP contribution in [0.1, 0.15) is 0 Å². The standard InChI is InChI=1S/C11H9ClN8S/c12-7-2-1-3-8(4-7)21-11-17-9(19-13)16-10(18-11)20-6-14-5-15-20/h1-6H,13H2,(H,16,17,18,19). The molecule has 0 spiro atoms. The molecule has 0 aliphatic carbocycles. The van der Waals surface area contributed by atoms with Gasteiger partial charge >= 0.3 is 0 Å². The van der Waals surface area contributed by atoms with Gasteiger partial charge < -0.3 is 0 Å². The Morgan fingerprint density at radius 3 is 2.86 bits per heavy atom. The first-order chi connectivity index (χ1) is 10.2. The molecule has 0 atom stereocenters. The van der Waals surface area contributed by atoms with E-state index in [9.17, 15) is 0 Å². The maximum atomic E-state index is 5.96. The van der Waals surface area contributed by atoms with Crippen LogP contribution in [-0.4, -0.2) is 29.7 Å². The molecule has 2 aromatic heterocycles. The smallest absolute Gasteiger partial charge is 0.257 e. The number of aromatic nitrogens is 6. The van der Waals surface area contributed by atoms with Crippen molar-refractivity contribution in [2.24, 2.45) is 5.84 Å². The molecule has 3 aromatic rings. The van der Waals surface area contributed by atoms with Gasteiger partial charge in [0, 0.05) is 9.92 Å². The maximum absolute atomic E-state index is 5.96. The number of halogens is 1. The van der Waals surface area contributed by atoms with Crippen molar-refractivity contribution in [2.45, 2.75) is 10.1 Å². The second-order valence-corrected chi connectivity index (χ2v) is 5.26. The van der Waals surface area contributed by atoms with E-state index >= 15 is 0 Å². The topological polar surface area (TPSA) is 107 Å². The Balaban J connectivity index is 1.96. The van der Waals surface area contributed by atoms with Crippen LogP contribution in [0.5, 0.6) is 0 Å². The van der Waals surface area contributed by atoms with E-state index in [1.54, 1.807) is 6.07 Å². The Kier molecular flexibility index (Phi) is 3.95. The van der Waals surface area contributed by atoms with Gasteiger partial charge in [-0.25, -0.2) is 10.8 Å². The van der Waals surface area contributed by atoms with E-state index in [-0.39, 0.29) is 5.95 Å². The third-order valence-corrected chi connectivity index (χ3v) is 3.45. The SMILES string of the molecule is NNc1nc(Sc2cccc(Cl)c2)nc(-n2cncn2)n1. The summed E-state index contributed by atoms with van der Waals surface area (Å²) in [6.45, 7) is 0. The van der Waals surface area contributed by atoms with E-state index in [4.69, 9.17) is 17.4 Å². The lowest BCUT2D eigenvalue weighted by Gasteiger charge is -2.06. The van der Waals surface area contributed by atoms with Crippen LogP contribution in [0.15, 0.2) is 47.0 Å². The summed E-state index contributed by atoms with van der Waals surface area (Å²) >= 11 is 7.30. The summed E-state index contributed by atoms with van der Waals surface area (Å²) in [6, 6.07) is 7.38. The van der Waals surface area contributed by atoms with Crippen LogP contribution in [-0.2, 0) is 0 Å². The minimum absolute atomic E-state index is 0.236. The van der Waals surface area contributed by atoms with Crippen LogP contribution < -0.4 is 11.3 Å². The molecule has 21 heavy (non-hydrogen) atoms. The summed E-state index contributed by atoms with van der Waals surface area (Å²) in [6.07, 6.45) is 2.88. The number of nitrogens with two attached hydrogens (primary N) is 1. The second kappa shape index (κ2) is 6.04. The van der Waals surface area contributed by atoms with Crippen molar-refractivity contribution < 1.29 is 0 Å². The highest BCUT2D eigenvalue weighted by Gasteiger charge is 2.09. The molecule has 2 heterocycles. The summed E-state index contributed by atoms with van der Waals surface area (Å²) in [5, 5.41) is 5.08. The van der Waals surface area contributed by atoms with E-state index in [1.807, 2.05) is 18.2 Å². The minimum Gasteiger partial charge on any atom is -0.292 e. The molecule has 0 fully saturated rings. The van der Waals surface area contributed by atoms with Crippen molar-refractivity contribution in [3.05, 3.63) is 41.9 Å². The number of hydrogen-bond acceptors (Lipinski definition) is 8. The monoisotopic (exact) mass is 320 g/mol. The molecule has 0 radical (unpaired) electrons. The first kappa shape index (κ1) is 13.7. The van der Waals surface area contributed by atoms with Gasteiger partial charge in [-0.15, -0.1) is 0 Å². The number of nitrogen functional groups attached to an aromatic ring is 1. The first-order valence-electron chi connectivity index (χ1n) is 5.76. The zero-order chi connectivity index (χ0) is 14.7. The van der Waals surface area contributed by atoms with Gasteiger partial charge in [-0.05, 0) is 30.0 Å². The Labute approximate surface area is 128 Å². The highest BCUT2D eigenvalue weighted by molar-refractivity contribution is 7.99. The Bertz CT molecular complexity index is 748. The van der Waals surface area contributed by atoms with E-state index in [2.05, 4.69) is 30.5 Å². The van der Waals surface area contributed by atoms with Gasteiger partial charge in [0.1, 0.15) is 12.7 Å². The van der Waals surface area contributed by atoms with Gasteiger partial charge in [0.2, 0.25) is 5.95 Å². The van der Waals surface area contributed by atoms with Gasteiger partial charge in [-0.1, -0.05) is 17.7 Å². The lowest BCUT2D eigenvalue weighted by Crippen LogP contribution is -2.14. The highest BCUT2D eigenvalue weighted by atomic mass is 35.5. The first-order valence-corrected chi connectivity index (χ1v) is 6.95. The molecule has 0 unspecified atom stereocenters. The van der Waals surface area contributed by atoms with E-state index in [0.29, 0.717) is 16.1 Å². The van der Waals surface area contributed by atoms with Gasteiger partial charge in [0.15, 0.2) is 5.16 Å². The van der Waals surface area contributed by atoms with Crippen LogP contribution in [0.25, 0.3) is 5.95 Å². The molecule has 0 aliphatic heterocycles. The van der Waals surface area contributed by atoms with Crippen molar-refractivity contribution in [3.8, 4) is 5.95 Å². The van der Waals surface area contributed by atoms with Crippen molar-refractivity contribution in [3.63, 3.8) is 0 Å². The van der Waals surface area contributed by atoms with Crippen LogP contribution in [0.2, 0.25) is 5.02 Å². The van der Waals surface area contributed by atoms with Crippen molar-refractivity contribution >= 4 is 29.3 Å². The Hall–Kier alpha value is -2.23. The fraction of sp³-hybridized carbons (Fsp3) is 0. The number of nitrogens with zero attached hydrogens (tertiary/aromatic N) is 6. The zero-order valence-corrected chi connectivity index (χ0v) is 12.1.